The zero-order valence-electron chi connectivity index (χ0n) is 16.7. The summed E-state index contributed by atoms with van der Waals surface area (Å²) in [5, 5.41) is 2.97. The number of amides is 2. The van der Waals surface area contributed by atoms with E-state index in [-0.39, 0.29) is 24.3 Å². The second kappa shape index (κ2) is 8.21. The second-order valence-corrected chi connectivity index (χ2v) is 8.03. The third-order valence-corrected chi connectivity index (χ3v) is 5.69. The van der Waals surface area contributed by atoms with Crippen LogP contribution >= 0.6 is 0 Å². The van der Waals surface area contributed by atoms with E-state index in [0.717, 1.165) is 30.9 Å². The smallest absolute Gasteiger partial charge is 0.255 e. The van der Waals surface area contributed by atoms with Crippen molar-refractivity contribution >= 4 is 23.2 Å². The molecule has 29 heavy (non-hydrogen) atoms. The van der Waals surface area contributed by atoms with Crippen LogP contribution in [0.25, 0.3) is 0 Å². The van der Waals surface area contributed by atoms with Gasteiger partial charge in [0.25, 0.3) is 5.91 Å². The van der Waals surface area contributed by atoms with Gasteiger partial charge in [-0.3, -0.25) is 19.5 Å². The predicted octanol–water partition coefficient (Wildman–Crippen LogP) is 2.34. The number of nitrogens with one attached hydrogen (secondary N) is 1. The Balaban J connectivity index is 1.50. The number of benzene rings is 1. The molecule has 7 heteroatoms. The van der Waals surface area contributed by atoms with E-state index in [1.54, 1.807) is 6.20 Å². The number of nitrogens with two attached hydrogens (primary N) is 1. The maximum Gasteiger partial charge on any atom is 0.255 e. The van der Waals surface area contributed by atoms with Gasteiger partial charge >= 0.3 is 0 Å². The average molecular weight is 393 g/mol. The normalized spacial score (nSPS) is 19.1. The molecule has 1 unspecified atom stereocenters. The van der Waals surface area contributed by atoms with E-state index in [9.17, 15) is 9.59 Å². The van der Waals surface area contributed by atoms with Crippen LogP contribution in [0.1, 0.15) is 47.2 Å². The number of fused-ring (bicyclic) bond motifs is 1. The number of hydrogen-bond donors (Lipinski definition) is 2. The van der Waals surface area contributed by atoms with Crippen LogP contribution in [0.2, 0.25) is 0 Å². The maximum absolute atomic E-state index is 12.8. The Morgan fingerprint density at radius 1 is 1.21 bits per heavy atom. The molecule has 2 amide bonds. The Bertz CT molecular complexity index is 923. The van der Waals surface area contributed by atoms with Crippen LogP contribution in [0.4, 0.5) is 11.4 Å². The van der Waals surface area contributed by atoms with Gasteiger partial charge in [-0.2, -0.15) is 0 Å². The van der Waals surface area contributed by atoms with Crippen LogP contribution in [-0.4, -0.2) is 47.9 Å². The van der Waals surface area contributed by atoms with Gasteiger partial charge in [-0.15, -0.1) is 0 Å². The summed E-state index contributed by atoms with van der Waals surface area (Å²) in [5.41, 5.74) is 9.99. The van der Waals surface area contributed by atoms with Crippen molar-refractivity contribution in [3.8, 4) is 0 Å². The molecule has 0 radical (unpaired) electrons. The first-order valence-corrected chi connectivity index (χ1v) is 10.1. The Morgan fingerprint density at radius 3 is 2.76 bits per heavy atom. The molecule has 2 aliphatic rings. The molecule has 3 heterocycles. The fourth-order valence-electron chi connectivity index (χ4n) is 4.34. The van der Waals surface area contributed by atoms with Crippen molar-refractivity contribution in [2.45, 2.75) is 32.2 Å². The lowest BCUT2D eigenvalue weighted by Gasteiger charge is -2.32. The van der Waals surface area contributed by atoms with Crippen molar-refractivity contribution in [3.63, 3.8) is 0 Å². The van der Waals surface area contributed by atoms with Gasteiger partial charge in [0, 0.05) is 31.7 Å². The van der Waals surface area contributed by atoms with Gasteiger partial charge < -0.3 is 16.0 Å². The Labute approximate surface area is 170 Å². The van der Waals surface area contributed by atoms with Crippen LogP contribution in [0.3, 0.4) is 0 Å². The van der Waals surface area contributed by atoms with E-state index in [1.165, 1.54) is 18.4 Å². The Kier molecular flexibility index (Phi) is 5.49. The number of anilines is 2. The van der Waals surface area contributed by atoms with Crippen molar-refractivity contribution < 1.29 is 9.59 Å². The number of aromatic nitrogens is 1. The molecule has 0 saturated carbocycles. The summed E-state index contributed by atoms with van der Waals surface area (Å²) >= 11 is 0. The van der Waals surface area contributed by atoms with Gasteiger partial charge in [-0.25, -0.2) is 0 Å². The van der Waals surface area contributed by atoms with Gasteiger partial charge in [-0.05, 0) is 48.1 Å². The fraction of sp³-hybridized carbons (Fsp3) is 0.409. The van der Waals surface area contributed by atoms with Crippen LogP contribution in [0.5, 0.6) is 0 Å². The quantitative estimate of drug-likeness (QED) is 0.814. The van der Waals surface area contributed by atoms with E-state index in [0.29, 0.717) is 17.8 Å². The highest BCUT2D eigenvalue weighted by molar-refractivity contribution is 6.04. The van der Waals surface area contributed by atoms with Crippen molar-refractivity contribution in [2.75, 3.05) is 36.4 Å². The van der Waals surface area contributed by atoms with Crippen molar-refractivity contribution in [1.29, 1.82) is 0 Å². The molecule has 1 saturated heterocycles. The van der Waals surface area contributed by atoms with Crippen molar-refractivity contribution in [3.05, 3.63) is 53.3 Å². The molecular formula is C22H27N5O2. The van der Waals surface area contributed by atoms with Crippen LogP contribution in [0, 0.1) is 0 Å². The molecule has 3 N–H and O–H groups in total. The van der Waals surface area contributed by atoms with E-state index in [4.69, 9.17) is 5.73 Å². The Morgan fingerprint density at radius 2 is 2.00 bits per heavy atom. The molecule has 2 aromatic rings. The number of rotatable bonds is 5. The summed E-state index contributed by atoms with van der Waals surface area (Å²) in [7, 11) is 0. The predicted molar refractivity (Wildman–Crippen MR) is 113 cm³/mol. The summed E-state index contributed by atoms with van der Waals surface area (Å²) < 4.78 is 0. The monoisotopic (exact) mass is 393 g/mol. The first kappa shape index (κ1) is 19.4. The minimum atomic E-state index is -0.333. The number of nitrogens with zero attached hydrogens (tertiary/aromatic N) is 3. The van der Waals surface area contributed by atoms with E-state index >= 15 is 0 Å². The standard InChI is InChI=1S/C22H27N5O2/c1-15-12-26(14-21(23)28)13-17-8-16(4-5-20(15)17)22(29)25-18-9-19(11-24-10-18)27-6-2-3-7-27/h4-5,8-11,15H,2-3,6-7,12-14H2,1H3,(H2,23,28)(H,25,29). The zero-order chi connectivity index (χ0) is 20.4. The third kappa shape index (κ3) is 4.40. The van der Waals surface area contributed by atoms with Gasteiger partial charge in [0.2, 0.25) is 5.91 Å². The molecule has 0 spiro atoms. The molecule has 1 aromatic heterocycles. The molecule has 2 aliphatic heterocycles. The summed E-state index contributed by atoms with van der Waals surface area (Å²) in [4.78, 5) is 32.7. The fourth-order valence-corrected chi connectivity index (χ4v) is 4.34. The summed E-state index contributed by atoms with van der Waals surface area (Å²) in [6.07, 6.45) is 5.90. The minimum Gasteiger partial charge on any atom is -0.370 e. The minimum absolute atomic E-state index is 0.159. The van der Waals surface area contributed by atoms with Gasteiger partial charge in [0.05, 0.1) is 30.3 Å². The molecular weight excluding hydrogens is 366 g/mol. The highest BCUT2D eigenvalue weighted by Crippen LogP contribution is 2.29. The maximum atomic E-state index is 12.8. The van der Waals surface area contributed by atoms with Gasteiger partial charge in [0.1, 0.15) is 0 Å². The summed E-state index contributed by atoms with van der Waals surface area (Å²) in [6, 6.07) is 7.79. The van der Waals surface area contributed by atoms with E-state index < -0.39 is 0 Å². The summed E-state index contributed by atoms with van der Waals surface area (Å²) in [5.74, 6) is -0.204. The molecule has 1 atom stereocenters. The number of pyridine rings is 1. The lowest BCUT2D eigenvalue weighted by molar-refractivity contribution is -0.119. The second-order valence-electron chi connectivity index (χ2n) is 8.03. The first-order valence-electron chi connectivity index (χ1n) is 10.1. The van der Waals surface area contributed by atoms with Crippen molar-refractivity contribution in [1.82, 2.24) is 9.88 Å². The number of primary amides is 1. The molecule has 1 aromatic carbocycles. The summed E-state index contributed by atoms with van der Waals surface area (Å²) in [6.45, 7) is 5.83. The first-order chi connectivity index (χ1) is 14.0. The molecule has 0 aliphatic carbocycles. The molecule has 0 bridgehead atoms. The molecule has 7 nitrogen and oxygen atoms in total. The van der Waals surface area contributed by atoms with Crippen molar-refractivity contribution in [2.24, 2.45) is 5.73 Å². The largest absolute Gasteiger partial charge is 0.370 e. The molecule has 1 fully saturated rings. The van der Waals surface area contributed by atoms with E-state index in [2.05, 4.69) is 22.1 Å². The van der Waals surface area contributed by atoms with Crippen LogP contribution in [-0.2, 0) is 11.3 Å². The Hall–Kier alpha value is -2.93. The average Bonchev–Trinajstić information content (AvgIpc) is 3.22. The third-order valence-electron chi connectivity index (χ3n) is 5.69. The van der Waals surface area contributed by atoms with Crippen LogP contribution < -0.4 is 16.0 Å². The van der Waals surface area contributed by atoms with Gasteiger partial charge in [-0.1, -0.05) is 13.0 Å². The zero-order valence-corrected chi connectivity index (χ0v) is 16.7. The van der Waals surface area contributed by atoms with Gasteiger partial charge in [0.15, 0.2) is 0 Å². The van der Waals surface area contributed by atoms with Crippen LogP contribution in [0.15, 0.2) is 36.7 Å². The topological polar surface area (TPSA) is 91.6 Å². The molecule has 152 valence electrons. The SMILES string of the molecule is CC1CN(CC(N)=O)Cc2cc(C(=O)Nc3cncc(N4CCCC4)c3)ccc21. The molecule has 4 rings (SSSR count). The highest BCUT2D eigenvalue weighted by atomic mass is 16.2. The number of carbonyl (C=O) groups excluding carboxylic acids is 2. The number of carbonyl (C=O) groups is 2. The van der Waals surface area contributed by atoms with E-state index in [1.807, 2.05) is 35.4 Å². The lowest BCUT2D eigenvalue weighted by atomic mass is 9.89. The lowest BCUT2D eigenvalue weighted by Crippen LogP contribution is -2.38. The highest BCUT2D eigenvalue weighted by Gasteiger charge is 2.24. The number of hydrogen-bond acceptors (Lipinski definition) is 5.